The largest absolute Gasteiger partial charge is 0.271 e. The Hall–Kier alpha value is -4.28. The molecule has 11 nitrogen and oxygen atoms in total. The van der Waals surface area contributed by atoms with E-state index in [1.807, 2.05) is 54.6 Å². The topological polar surface area (TPSA) is 129 Å². The second kappa shape index (κ2) is 8.17. The van der Waals surface area contributed by atoms with E-state index < -0.39 is 0 Å². The van der Waals surface area contributed by atoms with Gasteiger partial charge in [-0.15, -0.1) is 15.3 Å². The van der Waals surface area contributed by atoms with E-state index in [1.165, 1.54) is 15.8 Å². The van der Waals surface area contributed by atoms with Gasteiger partial charge in [0, 0.05) is 5.56 Å². The third-order valence-corrected chi connectivity index (χ3v) is 4.00. The molecular formula is C18H16N10O. The predicted molar refractivity (Wildman–Crippen MR) is 103 cm³/mol. The molecule has 0 bridgehead atoms. The van der Waals surface area contributed by atoms with Gasteiger partial charge in [-0.1, -0.05) is 42.5 Å². The average Bonchev–Trinajstić information content (AvgIpc) is 3.45. The minimum Gasteiger partial charge on any atom is -0.271 e. The number of hydrogen-bond acceptors (Lipinski definition) is 8. The normalized spacial score (nSPS) is 11.4. The third-order valence-electron chi connectivity index (χ3n) is 4.00. The van der Waals surface area contributed by atoms with Crippen molar-refractivity contribution in [3.63, 3.8) is 0 Å². The molecule has 4 rings (SSSR count). The number of rotatable bonds is 6. The van der Waals surface area contributed by atoms with Crippen LogP contribution in [0.4, 0.5) is 0 Å². The molecule has 144 valence electrons. The quantitative estimate of drug-likeness (QED) is 0.383. The summed E-state index contributed by atoms with van der Waals surface area (Å²) < 4.78 is 1.54. The molecule has 1 N–H and O–H groups in total. The lowest BCUT2D eigenvalue weighted by Gasteiger charge is -2.05. The van der Waals surface area contributed by atoms with Crippen LogP contribution in [0.2, 0.25) is 0 Å². The summed E-state index contributed by atoms with van der Waals surface area (Å²) >= 11 is 0. The maximum Gasteiger partial charge on any atom is 0.263 e. The van der Waals surface area contributed by atoms with E-state index in [2.05, 4.69) is 41.5 Å². The number of nitrogens with zero attached hydrogens (tertiary/aromatic N) is 9. The Bertz CT molecular complexity index is 1130. The van der Waals surface area contributed by atoms with Gasteiger partial charge >= 0.3 is 0 Å². The number of tetrazole rings is 2. The molecule has 0 aliphatic heterocycles. The number of carbonyl (C=O) groups excluding carboxylic acids is 1. The van der Waals surface area contributed by atoms with Crippen LogP contribution in [0.1, 0.15) is 12.5 Å². The molecule has 0 atom stereocenters. The van der Waals surface area contributed by atoms with Gasteiger partial charge in [-0.3, -0.25) is 4.79 Å². The van der Waals surface area contributed by atoms with Crippen LogP contribution in [-0.4, -0.2) is 52.0 Å². The van der Waals surface area contributed by atoms with Crippen molar-refractivity contribution in [3.8, 4) is 17.1 Å². The summed E-state index contributed by atoms with van der Waals surface area (Å²) in [5, 5.41) is 27.3. The van der Waals surface area contributed by atoms with Crippen LogP contribution in [0.25, 0.3) is 17.1 Å². The fraction of sp³-hybridized carbons (Fsp3) is 0.111. The van der Waals surface area contributed by atoms with Gasteiger partial charge in [0.05, 0.1) is 11.4 Å². The highest BCUT2D eigenvalue weighted by Crippen LogP contribution is 2.12. The lowest BCUT2D eigenvalue weighted by molar-refractivity contribution is -0.122. The Labute approximate surface area is 165 Å². The smallest absolute Gasteiger partial charge is 0.263 e. The SMILES string of the molecule is C/C(=N\NC(=O)Cn1nnc(-c2ccccc2)n1)c1cccc(-n2cnnn2)c1. The summed E-state index contributed by atoms with van der Waals surface area (Å²) in [5.74, 6) is 0.0930. The number of hydrazone groups is 1. The first-order valence-corrected chi connectivity index (χ1v) is 8.69. The molecule has 0 saturated carbocycles. The number of nitrogens with one attached hydrogen (secondary N) is 1. The van der Waals surface area contributed by atoms with Crippen molar-refractivity contribution in [2.75, 3.05) is 0 Å². The van der Waals surface area contributed by atoms with E-state index in [0.717, 1.165) is 16.8 Å². The molecule has 4 aromatic rings. The van der Waals surface area contributed by atoms with Crippen LogP contribution in [0.5, 0.6) is 0 Å². The first-order valence-electron chi connectivity index (χ1n) is 8.69. The second-order valence-electron chi connectivity index (χ2n) is 6.05. The van der Waals surface area contributed by atoms with Crippen molar-refractivity contribution in [2.45, 2.75) is 13.5 Å². The van der Waals surface area contributed by atoms with Crippen molar-refractivity contribution in [2.24, 2.45) is 5.10 Å². The monoisotopic (exact) mass is 388 g/mol. The van der Waals surface area contributed by atoms with E-state index in [4.69, 9.17) is 0 Å². The zero-order valence-electron chi connectivity index (χ0n) is 15.4. The summed E-state index contributed by atoms with van der Waals surface area (Å²) in [5.41, 5.74) is 5.57. The molecule has 11 heteroatoms. The van der Waals surface area contributed by atoms with Gasteiger partial charge in [-0.25, -0.2) is 10.1 Å². The molecule has 0 radical (unpaired) electrons. The van der Waals surface area contributed by atoms with E-state index >= 15 is 0 Å². The van der Waals surface area contributed by atoms with E-state index in [1.54, 1.807) is 6.92 Å². The average molecular weight is 388 g/mol. The highest BCUT2D eigenvalue weighted by atomic mass is 16.2. The molecule has 2 aromatic carbocycles. The first-order chi connectivity index (χ1) is 14.2. The van der Waals surface area contributed by atoms with E-state index in [9.17, 15) is 4.79 Å². The lowest BCUT2D eigenvalue weighted by atomic mass is 10.1. The van der Waals surface area contributed by atoms with E-state index in [0.29, 0.717) is 11.5 Å². The number of aromatic nitrogens is 8. The molecule has 0 spiro atoms. The van der Waals surface area contributed by atoms with Crippen molar-refractivity contribution >= 4 is 11.6 Å². The Morgan fingerprint density at radius 2 is 1.97 bits per heavy atom. The van der Waals surface area contributed by atoms with Crippen LogP contribution >= 0.6 is 0 Å². The summed E-state index contributed by atoms with van der Waals surface area (Å²) in [6.45, 7) is 1.70. The van der Waals surface area contributed by atoms with Gasteiger partial charge in [-0.2, -0.15) is 9.90 Å². The fourth-order valence-electron chi connectivity index (χ4n) is 2.54. The van der Waals surface area contributed by atoms with Gasteiger partial charge in [-0.05, 0) is 40.3 Å². The highest BCUT2D eigenvalue weighted by Gasteiger charge is 2.09. The molecule has 0 saturated heterocycles. The van der Waals surface area contributed by atoms with Crippen molar-refractivity contribution in [1.82, 2.24) is 45.8 Å². The Morgan fingerprint density at radius 3 is 2.76 bits per heavy atom. The van der Waals surface area contributed by atoms with Crippen LogP contribution in [0.15, 0.2) is 66.0 Å². The molecular weight excluding hydrogens is 372 g/mol. The Balaban J connectivity index is 1.40. The molecule has 0 unspecified atom stereocenters. The minimum atomic E-state index is -0.363. The Kier molecular flexibility index (Phi) is 5.10. The summed E-state index contributed by atoms with van der Waals surface area (Å²) in [7, 11) is 0. The minimum absolute atomic E-state index is 0.0960. The molecule has 29 heavy (non-hydrogen) atoms. The van der Waals surface area contributed by atoms with Crippen LogP contribution in [-0.2, 0) is 11.3 Å². The molecule has 2 heterocycles. The van der Waals surface area contributed by atoms with Gasteiger partial charge in [0.25, 0.3) is 5.91 Å². The predicted octanol–water partition coefficient (Wildman–Crippen LogP) is 0.856. The highest BCUT2D eigenvalue weighted by molar-refractivity contribution is 5.99. The number of carbonyl (C=O) groups is 1. The van der Waals surface area contributed by atoms with Crippen molar-refractivity contribution in [3.05, 3.63) is 66.5 Å². The summed E-state index contributed by atoms with van der Waals surface area (Å²) in [6.07, 6.45) is 1.50. The maximum atomic E-state index is 12.2. The molecule has 1 amide bonds. The number of hydrogen-bond donors (Lipinski definition) is 1. The zero-order valence-corrected chi connectivity index (χ0v) is 15.4. The van der Waals surface area contributed by atoms with Gasteiger partial charge in [0.15, 0.2) is 0 Å². The second-order valence-corrected chi connectivity index (χ2v) is 6.05. The third kappa shape index (κ3) is 4.35. The molecule has 0 aliphatic carbocycles. The zero-order chi connectivity index (χ0) is 20.1. The van der Waals surface area contributed by atoms with Gasteiger partial charge in [0.1, 0.15) is 12.9 Å². The van der Waals surface area contributed by atoms with Crippen molar-refractivity contribution in [1.29, 1.82) is 0 Å². The van der Waals surface area contributed by atoms with Gasteiger partial charge < -0.3 is 0 Å². The van der Waals surface area contributed by atoms with Crippen LogP contribution in [0.3, 0.4) is 0 Å². The molecule has 0 fully saturated rings. The van der Waals surface area contributed by atoms with Crippen LogP contribution < -0.4 is 5.43 Å². The summed E-state index contributed by atoms with van der Waals surface area (Å²) in [6, 6.07) is 16.9. The van der Waals surface area contributed by atoms with Gasteiger partial charge in [0.2, 0.25) is 5.82 Å². The number of amides is 1. The lowest BCUT2D eigenvalue weighted by Crippen LogP contribution is -2.25. The summed E-state index contributed by atoms with van der Waals surface area (Å²) in [4.78, 5) is 13.4. The fourth-order valence-corrected chi connectivity index (χ4v) is 2.54. The van der Waals surface area contributed by atoms with E-state index in [-0.39, 0.29) is 12.5 Å². The Morgan fingerprint density at radius 1 is 1.10 bits per heavy atom. The molecule has 2 aromatic heterocycles. The van der Waals surface area contributed by atoms with Crippen molar-refractivity contribution < 1.29 is 4.79 Å². The molecule has 0 aliphatic rings. The number of benzene rings is 2. The standard InChI is InChI=1S/C18H16N10O/c1-13(15-8-5-9-16(10-15)27-12-19-24-26-27)20-21-17(29)11-28-23-18(22-25-28)14-6-3-2-4-7-14/h2-10,12H,11H2,1H3,(H,21,29)/b20-13+. The first kappa shape index (κ1) is 18.1. The van der Waals surface area contributed by atoms with Crippen LogP contribution in [0, 0.1) is 0 Å². The maximum absolute atomic E-state index is 12.2.